The molecule has 0 saturated carbocycles. The summed E-state index contributed by atoms with van der Waals surface area (Å²) < 4.78 is 32.0. The highest BCUT2D eigenvalue weighted by atomic mass is 19.1. The molecular weight excluding hydrogens is 224 g/mol. The minimum Gasteiger partial charge on any atom is -0.376 e. The van der Waals surface area contributed by atoms with Crippen LogP contribution in [0.5, 0.6) is 0 Å². The summed E-state index contributed by atoms with van der Waals surface area (Å²) in [6, 6.07) is 3.87. The van der Waals surface area contributed by atoms with Gasteiger partial charge in [-0.2, -0.15) is 0 Å². The topological polar surface area (TPSA) is 21.3 Å². The molecule has 1 aliphatic rings. The number of ether oxygens (including phenoxy) is 1. The summed E-state index contributed by atoms with van der Waals surface area (Å²) in [5.74, 6) is -0.614. The molecule has 0 aliphatic carbocycles. The summed E-state index contributed by atoms with van der Waals surface area (Å²) in [6.45, 7) is 2.55. The maximum Gasteiger partial charge on any atom is 0.131 e. The molecule has 1 saturated heterocycles. The maximum atomic E-state index is 13.3. The molecular formula is C13H17F2NO. The molecule has 0 bridgehead atoms. The minimum absolute atomic E-state index is 0.00894. The van der Waals surface area contributed by atoms with E-state index in [4.69, 9.17) is 4.74 Å². The van der Waals surface area contributed by atoms with Crippen LogP contribution >= 0.6 is 0 Å². The zero-order valence-corrected chi connectivity index (χ0v) is 9.72. The van der Waals surface area contributed by atoms with Crippen LogP contribution in [0.15, 0.2) is 18.2 Å². The Morgan fingerprint density at radius 2 is 2.06 bits per heavy atom. The van der Waals surface area contributed by atoms with Gasteiger partial charge in [-0.25, -0.2) is 8.78 Å². The average Bonchev–Trinajstić information content (AvgIpc) is 2.34. The number of hydrogen-bond donors (Lipinski definition) is 1. The van der Waals surface area contributed by atoms with Crippen molar-refractivity contribution in [3.05, 3.63) is 35.4 Å². The zero-order chi connectivity index (χ0) is 12.1. The number of rotatable bonds is 4. The molecule has 0 aromatic heterocycles. The molecule has 1 aliphatic heterocycles. The van der Waals surface area contributed by atoms with Gasteiger partial charge in [0.15, 0.2) is 0 Å². The number of piperidine rings is 1. The summed E-state index contributed by atoms with van der Waals surface area (Å²) in [4.78, 5) is 0. The summed E-state index contributed by atoms with van der Waals surface area (Å²) in [5, 5.41) is 3.28. The first-order valence-corrected chi connectivity index (χ1v) is 5.98. The SMILES string of the molecule is Fc1cccc(F)c1COCC1CCCNC1. The van der Waals surface area contributed by atoms with Gasteiger partial charge in [0.2, 0.25) is 0 Å². The minimum atomic E-state index is -0.535. The molecule has 1 atom stereocenters. The van der Waals surface area contributed by atoms with Crippen LogP contribution in [0.25, 0.3) is 0 Å². The number of hydrogen-bond acceptors (Lipinski definition) is 2. The predicted molar refractivity (Wildman–Crippen MR) is 61.6 cm³/mol. The van der Waals surface area contributed by atoms with E-state index in [9.17, 15) is 8.78 Å². The van der Waals surface area contributed by atoms with Crippen LogP contribution in [-0.2, 0) is 11.3 Å². The van der Waals surface area contributed by atoms with Gasteiger partial charge in [-0.1, -0.05) is 6.07 Å². The monoisotopic (exact) mass is 241 g/mol. The van der Waals surface area contributed by atoms with Crippen LogP contribution in [0.3, 0.4) is 0 Å². The van der Waals surface area contributed by atoms with Crippen molar-refractivity contribution in [2.24, 2.45) is 5.92 Å². The largest absolute Gasteiger partial charge is 0.376 e. The van der Waals surface area contributed by atoms with E-state index >= 15 is 0 Å². The fourth-order valence-electron chi connectivity index (χ4n) is 2.06. The molecule has 1 N–H and O–H groups in total. The molecule has 0 amide bonds. The highest BCUT2D eigenvalue weighted by Crippen LogP contribution is 2.15. The molecule has 0 radical (unpaired) electrons. The fraction of sp³-hybridized carbons (Fsp3) is 0.538. The van der Waals surface area contributed by atoms with Gasteiger partial charge >= 0.3 is 0 Å². The molecule has 1 heterocycles. The summed E-state index contributed by atoms with van der Waals surface area (Å²) in [6.07, 6.45) is 2.26. The van der Waals surface area contributed by atoms with Gasteiger partial charge < -0.3 is 10.1 Å². The Labute approximate surface area is 100.0 Å². The van der Waals surface area contributed by atoms with E-state index in [1.165, 1.54) is 18.2 Å². The van der Waals surface area contributed by atoms with Gasteiger partial charge in [0.25, 0.3) is 0 Å². The second-order valence-electron chi connectivity index (χ2n) is 4.43. The van der Waals surface area contributed by atoms with Crippen molar-refractivity contribution in [2.45, 2.75) is 19.4 Å². The maximum absolute atomic E-state index is 13.3. The Morgan fingerprint density at radius 3 is 2.71 bits per heavy atom. The molecule has 1 fully saturated rings. The van der Waals surface area contributed by atoms with Crippen LogP contribution in [-0.4, -0.2) is 19.7 Å². The lowest BCUT2D eigenvalue weighted by atomic mass is 10.0. The Morgan fingerprint density at radius 1 is 1.29 bits per heavy atom. The van der Waals surface area contributed by atoms with E-state index < -0.39 is 11.6 Å². The Hall–Kier alpha value is -1.00. The third-order valence-corrected chi connectivity index (χ3v) is 3.06. The first kappa shape index (κ1) is 12.5. The molecule has 4 heteroatoms. The highest BCUT2D eigenvalue weighted by Gasteiger charge is 2.14. The van der Waals surface area contributed by atoms with E-state index in [1.54, 1.807) is 0 Å². The Balaban J connectivity index is 1.81. The lowest BCUT2D eigenvalue weighted by Crippen LogP contribution is -2.32. The van der Waals surface area contributed by atoms with Gasteiger partial charge in [0, 0.05) is 12.1 Å². The van der Waals surface area contributed by atoms with E-state index in [1.807, 2.05) is 0 Å². The smallest absolute Gasteiger partial charge is 0.131 e. The van der Waals surface area contributed by atoms with Crippen LogP contribution < -0.4 is 5.32 Å². The van der Waals surface area contributed by atoms with E-state index in [0.717, 1.165) is 25.9 Å². The van der Waals surface area contributed by atoms with Crippen molar-refractivity contribution < 1.29 is 13.5 Å². The van der Waals surface area contributed by atoms with Gasteiger partial charge in [-0.05, 0) is 37.4 Å². The zero-order valence-electron chi connectivity index (χ0n) is 9.72. The molecule has 1 aromatic rings. The third kappa shape index (κ3) is 3.48. The van der Waals surface area contributed by atoms with Crippen molar-refractivity contribution in [1.82, 2.24) is 5.32 Å². The fourth-order valence-corrected chi connectivity index (χ4v) is 2.06. The van der Waals surface area contributed by atoms with Crippen molar-refractivity contribution >= 4 is 0 Å². The van der Waals surface area contributed by atoms with E-state index in [-0.39, 0.29) is 12.2 Å². The van der Waals surface area contributed by atoms with Crippen molar-refractivity contribution in [2.75, 3.05) is 19.7 Å². The van der Waals surface area contributed by atoms with E-state index in [0.29, 0.717) is 12.5 Å². The normalized spacial score (nSPS) is 20.5. The summed E-state index contributed by atoms with van der Waals surface area (Å²) in [7, 11) is 0. The molecule has 0 spiro atoms. The molecule has 1 unspecified atom stereocenters. The quantitative estimate of drug-likeness (QED) is 0.874. The molecule has 2 nitrogen and oxygen atoms in total. The van der Waals surface area contributed by atoms with Crippen LogP contribution in [0.1, 0.15) is 18.4 Å². The van der Waals surface area contributed by atoms with E-state index in [2.05, 4.69) is 5.32 Å². The third-order valence-electron chi connectivity index (χ3n) is 3.06. The summed E-state index contributed by atoms with van der Waals surface area (Å²) in [5.41, 5.74) is 0.0243. The second kappa shape index (κ2) is 6.07. The standard InChI is InChI=1S/C13H17F2NO/c14-12-4-1-5-13(15)11(12)9-17-8-10-3-2-6-16-7-10/h1,4-5,10,16H,2-3,6-9H2. The molecule has 17 heavy (non-hydrogen) atoms. The highest BCUT2D eigenvalue weighted by molar-refractivity contribution is 5.18. The molecule has 1 aromatic carbocycles. The van der Waals surface area contributed by atoms with Gasteiger partial charge in [-0.15, -0.1) is 0 Å². The lowest BCUT2D eigenvalue weighted by Gasteiger charge is -2.22. The number of benzene rings is 1. The van der Waals surface area contributed by atoms with Crippen LogP contribution in [0.2, 0.25) is 0 Å². The lowest BCUT2D eigenvalue weighted by molar-refractivity contribution is 0.0747. The number of halogens is 2. The van der Waals surface area contributed by atoms with Crippen molar-refractivity contribution in [3.8, 4) is 0 Å². The van der Waals surface area contributed by atoms with Gasteiger partial charge in [0.05, 0.1) is 13.2 Å². The first-order valence-electron chi connectivity index (χ1n) is 5.98. The Bertz CT molecular complexity index is 344. The molecule has 2 rings (SSSR count). The average molecular weight is 241 g/mol. The van der Waals surface area contributed by atoms with Crippen LogP contribution in [0, 0.1) is 17.6 Å². The first-order chi connectivity index (χ1) is 8.27. The Kier molecular flexibility index (Phi) is 4.45. The number of nitrogens with one attached hydrogen (secondary N) is 1. The summed E-state index contributed by atoms with van der Waals surface area (Å²) >= 11 is 0. The second-order valence-corrected chi connectivity index (χ2v) is 4.43. The van der Waals surface area contributed by atoms with Gasteiger partial charge in [0.1, 0.15) is 11.6 Å². The van der Waals surface area contributed by atoms with Crippen LogP contribution in [0.4, 0.5) is 8.78 Å². The predicted octanol–water partition coefficient (Wildman–Crippen LogP) is 2.48. The van der Waals surface area contributed by atoms with Crippen molar-refractivity contribution in [1.29, 1.82) is 0 Å². The molecule has 94 valence electrons. The van der Waals surface area contributed by atoms with Gasteiger partial charge in [-0.3, -0.25) is 0 Å². The van der Waals surface area contributed by atoms with Crippen molar-refractivity contribution in [3.63, 3.8) is 0 Å².